The number of anilines is 2. The van der Waals surface area contributed by atoms with E-state index in [-0.39, 0.29) is 5.91 Å². The highest BCUT2D eigenvalue weighted by atomic mass is 35.5. The third-order valence-electron chi connectivity index (χ3n) is 5.55. The number of ether oxygens (including phenoxy) is 1. The maximum atomic E-state index is 13.6. The minimum atomic E-state index is -0.534. The van der Waals surface area contributed by atoms with E-state index in [4.69, 9.17) is 21.4 Å². The molecule has 1 amide bonds. The molecule has 0 unspecified atom stereocenters. The van der Waals surface area contributed by atoms with E-state index in [9.17, 15) is 4.79 Å². The minimum absolute atomic E-state index is 0.280. The highest BCUT2D eigenvalue weighted by molar-refractivity contribution is 6.30. The van der Waals surface area contributed by atoms with Crippen molar-refractivity contribution in [3.05, 3.63) is 94.9 Å². The van der Waals surface area contributed by atoms with Crippen LogP contribution in [0.25, 0.3) is 11.4 Å². The number of nitrogens with zero attached hydrogens (tertiary/aromatic N) is 4. The van der Waals surface area contributed by atoms with Gasteiger partial charge in [0.25, 0.3) is 5.91 Å². The SMILES string of the molecule is COc1ccccc1NC(=O)C1=C(C)Nc2nc(-c3ccc(Cl)cc3)nn2[C@@H]1c1cccnc1. The Morgan fingerprint density at radius 2 is 1.91 bits per heavy atom. The lowest BCUT2D eigenvalue weighted by Crippen LogP contribution is -2.31. The molecule has 8 nitrogen and oxygen atoms in total. The van der Waals surface area contributed by atoms with Crippen LogP contribution in [0.15, 0.2) is 84.3 Å². The molecule has 3 heterocycles. The van der Waals surface area contributed by atoms with Gasteiger partial charge in [-0.1, -0.05) is 29.8 Å². The van der Waals surface area contributed by atoms with E-state index in [0.717, 1.165) is 11.1 Å². The summed E-state index contributed by atoms with van der Waals surface area (Å²) in [5, 5.41) is 11.6. The van der Waals surface area contributed by atoms with Gasteiger partial charge in [-0.2, -0.15) is 4.98 Å². The molecular weight excluding hydrogens is 452 g/mol. The topological polar surface area (TPSA) is 94.0 Å². The van der Waals surface area contributed by atoms with Gasteiger partial charge in [-0.05, 0) is 55.0 Å². The van der Waals surface area contributed by atoms with Crippen LogP contribution >= 0.6 is 11.6 Å². The fourth-order valence-corrected chi connectivity index (χ4v) is 4.08. The second kappa shape index (κ2) is 8.99. The van der Waals surface area contributed by atoms with Crippen molar-refractivity contribution in [2.75, 3.05) is 17.7 Å². The van der Waals surface area contributed by atoms with Crippen LogP contribution in [0.1, 0.15) is 18.5 Å². The average Bonchev–Trinajstić information content (AvgIpc) is 3.28. The lowest BCUT2D eigenvalue weighted by atomic mass is 9.96. The molecule has 9 heteroatoms. The van der Waals surface area contributed by atoms with Crippen LogP contribution < -0.4 is 15.4 Å². The fourth-order valence-electron chi connectivity index (χ4n) is 3.95. The second-order valence-corrected chi connectivity index (χ2v) is 8.15. The summed E-state index contributed by atoms with van der Waals surface area (Å²) in [6.45, 7) is 1.85. The first-order valence-electron chi connectivity index (χ1n) is 10.6. The van der Waals surface area contributed by atoms with Gasteiger partial charge in [0, 0.05) is 28.7 Å². The van der Waals surface area contributed by atoms with Crippen molar-refractivity contribution >= 4 is 29.1 Å². The Bertz CT molecular complexity index is 1380. The zero-order chi connectivity index (χ0) is 23.7. The van der Waals surface area contributed by atoms with E-state index < -0.39 is 6.04 Å². The highest BCUT2D eigenvalue weighted by Gasteiger charge is 2.34. The van der Waals surface area contributed by atoms with Gasteiger partial charge in [0.15, 0.2) is 5.82 Å². The first-order chi connectivity index (χ1) is 16.5. The number of rotatable bonds is 5. The maximum Gasteiger partial charge on any atom is 0.255 e. The van der Waals surface area contributed by atoms with Crippen LogP contribution in [0.3, 0.4) is 0 Å². The zero-order valence-corrected chi connectivity index (χ0v) is 19.2. The van der Waals surface area contributed by atoms with Gasteiger partial charge in [0.05, 0.1) is 18.4 Å². The molecule has 2 aromatic carbocycles. The number of aromatic nitrogens is 4. The quantitative estimate of drug-likeness (QED) is 0.427. The number of methoxy groups -OCH3 is 1. The largest absolute Gasteiger partial charge is 0.495 e. The van der Waals surface area contributed by atoms with Gasteiger partial charge in [-0.3, -0.25) is 9.78 Å². The van der Waals surface area contributed by atoms with Crippen molar-refractivity contribution < 1.29 is 9.53 Å². The summed E-state index contributed by atoms with van der Waals surface area (Å²) < 4.78 is 7.11. The van der Waals surface area contributed by atoms with Crippen molar-refractivity contribution in [3.63, 3.8) is 0 Å². The fraction of sp³-hybridized carbons (Fsp3) is 0.120. The predicted molar refractivity (Wildman–Crippen MR) is 131 cm³/mol. The number of para-hydroxylation sites is 2. The van der Waals surface area contributed by atoms with Gasteiger partial charge in [0.2, 0.25) is 5.95 Å². The monoisotopic (exact) mass is 472 g/mol. The van der Waals surface area contributed by atoms with Gasteiger partial charge in [-0.15, -0.1) is 5.10 Å². The molecule has 0 aliphatic carbocycles. The smallest absolute Gasteiger partial charge is 0.255 e. The molecule has 0 saturated heterocycles. The summed E-state index contributed by atoms with van der Waals surface area (Å²) in [6, 6.07) is 17.8. The summed E-state index contributed by atoms with van der Waals surface area (Å²) in [6.07, 6.45) is 3.42. The molecule has 2 N–H and O–H groups in total. The molecule has 1 aliphatic rings. The molecule has 1 atom stereocenters. The molecule has 0 fully saturated rings. The highest BCUT2D eigenvalue weighted by Crippen LogP contribution is 2.37. The summed E-state index contributed by atoms with van der Waals surface area (Å²) in [5.41, 5.74) is 3.37. The van der Waals surface area contributed by atoms with E-state index in [1.807, 2.05) is 43.3 Å². The molecule has 0 spiro atoms. The standard InChI is InChI=1S/C25H21ClN6O2/c1-15-21(24(33)29-19-7-3-4-8-20(19)34-2)22(17-6-5-13-27-14-17)32-25(28-15)30-23(31-32)16-9-11-18(26)12-10-16/h3-14,22H,1-2H3,(H,29,33)(H,28,30,31)/t22-/m1/s1. The van der Waals surface area contributed by atoms with E-state index >= 15 is 0 Å². The molecule has 170 valence electrons. The van der Waals surface area contributed by atoms with Crippen LogP contribution in [0.4, 0.5) is 11.6 Å². The predicted octanol–water partition coefficient (Wildman–Crippen LogP) is 4.93. The second-order valence-electron chi connectivity index (χ2n) is 7.72. The maximum absolute atomic E-state index is 13.6. The Morgan fingerprint density at radius 1 is 1.12 bits per heavy atom. The van der Waals surface area contributed by atoms with E-state index in [2.05, 4.69) is 20.6 Å². The number of nitrogens with one attached hydrogen (secondary N) is 2. The van der Waals surface area contributed by atoms with Crippen molar-refractivity contribution in [1.29, 1.82) is 0 Å². The van der Waals surface area contributed by atoms with E-state index in [1.54, 1.807) is 48.5 Å². The third kappa shape index (κ3) is 3.99. The number of allylic oxidation sites excluding steroid dienone is 1. The van der Waals surface area contributed by atoms with E-state index in [1.165, 1.54) is 0 Å². The summed E-state index contributed by atoms with van der Waals surface area (Å²) >= 11 is 6.04. The number of carbonyl (C=O) groups excluding carboxylic acids is 1. The number of carbonyl (C=O) groups is 1. The van der Waals surface area contributed by atoms with Crippen molar-refractivity contribution in [3.8, 4) is 17.1 Å². The molecular formula is C25H21ClN6O2. The third-order valence-corrected chi connectivity index (χ3v) is 5.81. The molecule has 34 heavy (non-hydrogen) atoms. The molecule has 0 saturated carbocycles. The van der Waals surface area contributed by atoms with Crippen molar-refractivity contribution in [2.24, 2.45) is 0 Å². The molecule has 0 radical (unpaired) electrons. The molecule has 1 aliphatic heterocycles. The van der Waals surface area contributed by atoms with Crippen molar-refractivity contribution in [1.82, 2.24) is 19.7 Å². The van der Waals surface area contributed by atoms with Crippen LogP contribution in [0, 0.1) is 0 Å². The normalized spacial score (nSPS) is 14.9. The Kier molecular flexibility index (Phi) is 5.73. The number of amides is 1. The molecule has 4 aromatic rings. The van der Waals surface area contributed by atoms with Gasteiger partial charge >= 0.3 is 0 Å². The van der Waals surface area contributed by atoms with E-state index in [0.29, 0.717) is 39.5 Å². The molecule has 2 aromatic heterocycles. The average molecular weight is 473 g/mol. The van der Waals surface area contributed by atoms with Crippen LogP contribution in [0.2, 0.25) is 5.02 Å². The van der Waals surface area contributed by atoms with Crippen LogP contribution in [-0.4, -0.2) is 32.8 Å². The van der Waals surface area contributed by atoms with Gasteiger partial charge in [-0.25, -0.2) is 4.68 Å². The number of fused-ring (bicyclic) bond motifs is 1. The summed E-state index contributed by atoms with van der Waals surface area (Å²) in [4.78, 5) is 22.5. The first kappa shape index (κ1) is 21.7. The Morgan fingerprint density at radius 3 is 2.65 bits per heavy atom. The number of benzene rings is 2. The molecule has 0 bridgehead atoms. The van der Waals surface area contributed by atoms with Gasteiger partial charge < -0.3 is 15.4 Å². The van der Waals surface area contributed by atoms with Crippen LogP contribution in [-0.2, 0) is 4.79 Å². The Labute approximate surface area is 201 Å². The lowest BCUT2D eigenvalue weighted by molar-refractivity contribution is -0.113. The van der Waals surface area contributed by atoms with Crippen LogP contribution in [0.5, 0.6) is 5.75 Å². The summed E-state index contributed by atoms with van der Waals surface area (Å²) in [7, 11) is 1.57. The number of hydrogen-bond acceptors (Lipinski definition) is 6. The lowest BCUT2D eigenvalue weighted by Gasteiger charge is -2.28. The van der Waals surface area contributed by atoms with Gasteiger partial charge in [0.1, 0.15) is 11.8 Å². The minimum Gasteiger partial charge on any atom is -0.495 e. The Hall–Kier alpha value is -4.17. The zero-order valence-electron chi connectivity index (χ0n) is 18.5. The first-order valence-corrected chi connectivity index (χ1v) is 11.0. The van der Waals surface area contributed by atoms with Crippen molar-refractivity contribution in [2.45, 2.75) is 13.0 Å². The number of pyridine rings is 1. The number of hydrogen-bond donors (Lipinski definition) is 2. The molecule has 5 rings (SSSR count). The Balaban J connectivity index is 1.58. The summed E-state index contributed by atoms with van der Waals surface area (Å²) in [5.74, 6) is 1.34. The number of halogens is 1.